The molecule has 0 bridgehead atoms. The lowest BCUT2D eigenvalue weighted by Crippen LogP contribution is -2.29. The lowest BCUT2D eigenvalue weighted by Gasteiger charge is -2.18. The highest BCUT2D eigenvalue weighted by Gasteiger charge is 2.27. The van der Waals surface area contributed by atoms with Crippen molar-refractivity contribution in [1.29, 1.82) is 0 Å². The first-order valence-electron chi connectivity index (χ1n) is 8.15. The number of hydrogen-bond donors (Lipinski definition) is 2. The molecule has 0 aliphatic heterocycles. The monoisotopic (exact) mass is 330 g/mol. The zero-order chi connectivity index (χ0) is 16.1. The van der Waals surface area contributed by atoms with Crippen molar-refractivity contribution >= 4 is 17.7 Å². The van der Waals surface area contributed by atoms with Crippen LogP contribution in [0.2, 0.25) is 0 Å². The Labute approximate surface area is 140 Å². The number of aromatic amines is 1. The topological polar surface area (TPSA) is 70.7 Å². The molecule has 1 aromatic heterocycles. The first-order valence-corrected chi connectivity index (χ1v) is 9.14. The molecule has 0 saturated heterocycles. The van der Waals surface area contributed by atoms with Crippen molar-refractivity contribution in [2.24, 2.45) is 0 Å². The summed E-state index contributed by atoms with van der Waals surface area (Å²) in [6, 6.07) is 10.2. The molecule has 1 fully saturated rings. The van der Waals surface area contributed by atoms with Crippen LogP contribution in [0.4, 0.5) is 0 Å². The zero-order valence-electron chi connectivity index (χ0n) is 13.3. The summed E-state index contributed by atoms with van der Waals surface area (Å²) in [5.74, 6) is 1.88. The van der Waals surface area contributed by atoms with Crippen LogP contribution in [0.25, 0.3) is 0 Å². The van der Waals surface area contributed by atoms with Gasteiger partial charge in [-0.3, -0.25) is 9.89 Å². The molecule has 2 aromatic rings. The van der Waals surface area contributed by atoms with Gasteiger partial charge in [0, 0.05) is 5.92 Å². The second-order valence-electron chi connectivity index (χ2n) is 5.89. The number of nitrogens with one attached hydrogen (secondary N) is 2. The average Bonchev–Trinajstić information content (AvgIpc) is 3.32. The summed E-state index contributed by atoms with van der Waals surface area (Å²) in [5, 5.41) is 10.9. The van der Waals surface area contributed by atoms with Crippen molar-refractivity contribution in [3.05, 3.63) is 41.7 Å². The van der Waals surface area contributed by atoms with Gasteiger partial charge in [-0.05, 0) is 24.8 Å². The van der Waals surface area contributed by atoms with Gasteiger partial charge in [-0.25, -0.2) is 4.98 Å². The van der Waals surface area contributed by atoms with Crippen LogP contribution in [-0.4, -0.2) is 26.8 Å². The lowest BCUT2D eigenvalue weighted by atomic mass is 10.0. The van der Waals surface area contributed by atoms with E-state index in [0.717, 1.165) is 24.2 Å². The maximum absolute atomic E-state index is 12.2. The van der Waals surface area contributed by atoms with Gasteiger partial charge in [-0.2, -0.15) is 0 Å². The molecule has 1 amide bonds. The summed E-state index contributed by atoms with van der Waals surface area (Å²) in [7, 11) is 0. The minimum atomic E-state index is 0.0232. The second-order valence-corrected chi connectivity index (χ2v) is 6.83. The molecule has 3 rings (SSSR count). The largest absolute Gasteiger partial charge is 0.349 e. The van der Waals surface area contributed by atoms with E-state index in [1.54, 1.807) is 0 Å². The van der Waals surface area contributed by atoms with Crippen molar-refractivity contribution in [3.8, 4) is 0 Å². The summed E-state index contributed by atoms with van der Waals surface area (Å²) >= 11 is 1.38. The number of aromatic nitrogens is 3. The Bertz CT molecular complexity index is 639. The molecular weight excluding hydrogens is 308 g/mol. The number of amides is 1. The number of H-pyrrole nitrogens is 1. The summed E-state index contributed by atoms with van der Waals surface area (Å²) in [5.41, 5.74) is 1.15. The number of carbonyl (C=O) groups excluding carboxylic acids is 1. The smallest absolute Gasteiger partial charge is 0.230 e. The van der Waals surface area contributed by atoms with Gasteiger partial charge in [0.05, 0.1) is 11.8 Å². The predicted molar refractivity (Wildman–Crippen MR) is 91.3 cm³/mol. The Morgan fingerprint density at radius 2 is 2.17 bits per heavy atom. The van der Waals surface area contributed by atoms with Crippen LogP contribution < -0.4 is 5.32 Å². The van der Waals surface area contributed by atoms with Gasteiger partial charge in [0.1, 0.15) is 5.82 Å². The van der Waals surface area contributed by atoms with Crippen LogP contribution in [0, 0.1) is 0 Å². The molecule has 0 radical (unpaired) electrons. The molecule has 1 heterocycles. The standard InChI is InChI=1S/C17H22N4OS/c1-2-6-14(12-7-4-3-5-8-12)18-15(22)11-23-17-19-16(20-21-17)13-9-10-13/h3-5,7-8,13-14H,2,6,9-11H2,1H3,(H,18,22)(H,19,20,21). The maximum Gasteiger partial charge on any atom is 0.230 e. The van der Waals surface area contributed by atoms with Crippen molar-refractivity contribution < 1.29 is 4.79 Å². The molecule has 1 aromatic carbocycles. The van der Waals surface area contributed by atoms with Crippen LogP contribution in [0.15, 0.2) is 35.5 Å². The van der Waals surface area contributed by atoms with Gasteiger partial charge in [0.15, 0.2) is 0 Å². The van der Waals surface area contributed by atoms with Crippen LogP contribution >= 0.6 is 11.8 Å². The summed E-state index contributed by atoms with van der Waals surface area (Å²) in [4.78, 5) is 16.7. The van der Waals surface area contributed by atoms with Crippen LogP contribution in [-0.2, 0) is 4.79 Å². The van der Waals surface area contributed by atoms with E-state index in [-0.39, 0.29) is 11.9 Å². The molecule has 1 saturated carbocycles. The number of carbonyl (C=O) groups is 1. The zero-order valence-corrected chi connectivity index (χ0v) is 14.1. The number of benzene rings is 1. The maximum atomic E-state index is 12.2. The van der Waals surface area contributed by atoms with E-state index >= 15 is 0 Å². The van der Waals surface area contributed by atoms with E-state index < -0.39 is 0 Å². The van der Waals surface area contributed by atoms with Gasteiger partial charge in [-0.15, -0.1) is 5.10 Å². The van der Waals surface area contributed by atoms with Crippen molar-refractivity contribution in [3.63, 3.8) is 0 Å². The molecule has 2 N–H and O–H groups in total. The Balaban J connectivity index is 1.52. The third kappa shape index (κ3) is 4.58. The van der Waals surface area contributed by atoms with Gasteiger partial charge >= 0.3 is 0 Å². The van der Waals surface area contributed by atoms with E-state index in [1.807, 2.05) is 18.2 Å². The van der Waals surface area contributed by atoms with E-state index in [1.165, 1.54) is 24.6 Å². The van der Waals surface area contributed by atoms with E-state index in [4.69, 9.17) is 0 Å². The van der Waals surface area contributed by atoms with Crippen LogP contribution in [0.1, 0.15) is 56.0 Å². The summed E-state index contributed by atoms with van der Waals surface area (Å²) in [6.45, 7) is 2.13. The van der Waals surface area contributed by atoms with Gasteiger partial charge in [0.2, 0.25) is 11.1 Å². The predicted octanol–water partition coefficient (Wildman–Crippen LogP) is 3.43. The Hall–Kier alpha value is -1.82. The van der Waals surface area contributed by atoms with E-state index in [2.05, 4.69) is 39.6 Å². The lowest BCUT2D eigenvalue weighted by molar-refractivity contribution is -0.119. The highest BCUT2D eigenvalue weighted by molar-refractivity contribution is 7.99. The molecule has 6 heteroatoms. The molecule has 1 aliphatic carbocycles. The van der Waals surface area contributed by atoms with Gasteiger partial charge < -0.3 is 5.32 Å². The number of hydrogen-bond acceptors (Lipinski definition) is 4. The first kappa shape index (κ1) is 16.1. The Morgan fingerprint density at radius 3 is 2.87 bits per heavy atom. The Morgan fingerprint density at radius 1 is 1.39 bits per heavy atom. The van der Waals surface area contributed by atoms with Gasteiger partial charge in [0.25, 0.3) is 0 Å². The molecule has 23 heavy (non-hydrogen) atoms. The highest BCUT2D eigenvalue weighted by Crippen LogP contribution is 2.38. The number of rotatable bonds is 8. The fraction of sp³-hybridized carbons (Fsp3) is 0.471. The van der Waals surface area contributed by atoms with Crippen LogP contribution in [0.3, 0.4) is 0 Å². The fourth-order valence-electron chi connectivity index (χ4n) is 2.52. The minimum Gasteiger partial charge on any atom is -0.349 e. The highest BCUT2D eigenvalue weighted by atomic mass is 32.2. The second kappa shape index (κ2) is 7.64. The van der Waals surface area contributed by atoms with E-state index in [0.29, 0.717) is 16.8 Å². The van der Waals surface area contributed by atoms with Crippen LogP contribution in [0.5, 0.6) is 0 Å². The fourth-order valence-corrected chi connectivity index (χ4v) is 3.14. The molecule has 1 aliphatic rings. The number of thioether (sulfide) groups is 1. The normalized spacial score (nSPS) is 15.3. The van der Waals surface area contributed by atoms with Crippen molar-refractivity contribution in [2.75, 3.05) is 5.75 Å². The third-order valence-electron chi connectivity index (χ3n) is 3.89. The molecule has 1 atom stereocenters. The third-order valence-corrected chi connectivity index (χ3v) is 4.74. The average molecular weight is 330 g/mol. The molecular formula is C17H22N4OS. The first-order chi connectivity index (χ1) is 11.3. The minimum absolute atomic E-state index is 0.0232. The Kier molecular flexibility index (Phi) is 5.33. The number of nitrogens with zero attached hydrogens (tertiary/aromatic N) is 2. The molecule has 5 nitrogen and oxygen atoms in total. The summed E-state index contributed by atoms with van der Waals surface area (Å²) < 4.78 is 0. The quantitative estimate of drug-likeness (QED) is 0.728. The molecule has 0 spiro atoms. The SMILES string of the molecule is CCCC(NC(=O)CSc1n[nH]c(C2CC2)n1)c1ccccc1. The molecule has 122 valence electrons. The van der Waals surface area contributed by atoms with Crippen molar-refractivity contribution in [1.82, 2.24) is 20.5 Å². The van der Waals surface area contributed by atoms with Crippen molar-refractivity contribution in [2.45, 2.75) is 49.7 Å². The molecule has 1 unspecified atom stereocenters. The summed E-state index contributed by atoms with van der Waals surface area (Å²) in [6.07, 6.45) is 4.34. The van der Waals surface area contributed by atoms with Gasteiger partial charge in [-0.1, -0.05) is 55.4 Å². The van der Waals surface area contributed by atoms with E-state index in [9.17, 15) is 4.79 Å².